The van der Waals surface area contributed by atoms with Crippen LogP contribution in [0, 0.1) is 11.9 Å². The van der Waals surface area contributed by atoms with Gasteiger partial charge in [0.1, 0.15) is 0 Å². The number of hydrogen-bond donors (Lipinski definition) is 1. The molecule has 0 aromatic carbocycles. The fourth-order valence-electron chi connectivity index (χ4n) is 2.33. The van der Waals surface area contributed by atoms with E-state index in [0.29, 0.717) is 11.5 Å². The first kappa shape index (κ1) is 12.0. The first-order chi connectivity index (χ1) is 8.16. The Bertz CT molecular complexity index is 408. The van der Waals surface area contributed by atoms with Crippen molar-refractivity contribution in [3.8, 4) is 0 Å². The summed E-state index contributed by atoms with van der Waals surface area (Å²) in [7, 11) is 0. The zero-order valence-electron chi connectivity index (χ0n) is 9.95. The van der Waals surface area contributed by atoms with Gasteiger partial charge in [-0.1, -0.05) is 19.8 Å². The van der Waals surface area contributed by atoms with Gasteiger partial charge < -0.3 is 5.32 Å². The van der Waals surface area contributed by atoms with E-state index in [0.717, 1.165) is 19.3 Å². The first-order valence-corrected chi connectivity index (χ1v) is 6.09. The van der Waals surface area contributed by atoms with Gasteiger partial charge in [0.05, 0.1) is 0 Å². The number of carbonyl (C=O) groups is 1. The van der Waals surface area contributed by atoms with Gasteiger partial charge >= 0.3 is 0 Å². The average Bonchev–Trinajstić information content (AvgIpc) is 2.32. The first-order valence-electron chi connectivity index (χ1n) is 6.09. The van der Waals surface area contributed by atoms with Crippen LogP contribution in [0.5, 0.6) is 0 Å². The minimum absolute atomic E-state index is 0.204. The van der Waals surface area contributed by atoms with Crippen molar-refractivity contribution in [1.29, 1.82) is 0 Å². The maximum atomic E-state index is 12.9. The van der Waals surface area contributed by atoms with Crippen LogP contribution in [0.4, 0.5) is 4.39 Å². The number of pyridine rings is 1. The number of hydrogen-bond acceptors (Lipinski definition) is 2. The SMILES string of the molecule is C[C@@H]1CCCCC1NC(=O)c1ccnc(F)c1. The van der Waals surface area contributed by atoms with E-state index in [9.17, 15) is 9.18 Å². The van der Waals surface area contributed by atoms with Gasteiger partial charge in [-0.25, -0.2) is 4.98 Å². The molecule has 0 spiro atoms. The van der Waals surface area contributed by atoms with Crippen molar-refractivity contribution in [3.63, 3.8) is 0 Å². The molecule has 1 aromatic heterocycles. The highest BCUT2D eigenvalue weighted by Gasteiger charge is 2.23. The van der Waals surface area contributed by atoms with Gasteiger partial charge in [-0.3, -0.25) is 4.79 Å². The fourth-order valence-corrected chi connectivity index (χ4v) is 2.33. The molecule has 2 rings (SSSR count). The molecule has 0 bridgehead atoms. The highest BCUT2D eigenvalue weighted by atomic mass is 19.1. The molecule has 1 unspecified atom stereocenters. The Hall–Kier alpha value is -1.45. The van der Waals surface area contributed by atoms with Gasteiger partial charge in [0.2, 0.25) is 5.95 Å². The van der Waals surface area contributed by atoms with Gasteiger partial charge in [0.15, 0.2) is 0 Å². The molecule has 17 heavy (non-hydrogen) atoms. The average molecular weight is 236 g/mol. The molecule has 0 saturated heterocycles. The summed E-state index contributed by atoms with van der Waals surface area (Å²) >= 11 is 0. The molecule has 92 valence electrons. The molecule has 1 aliphatic rings. The summed E-state index contributed by atoms with van der Waals surface area (Å²) in [5.41, 5.74) is 0.343. The van der Waals surface area contributed by atoms with Crippen molar-refractivity contribution >= 4 is 5.91 Å². The molecule has 1 aromatic rings. The minimum Gasteiger partial charge on any atom is -0.349 e. The largest absolute Gasteiger partial charge is 0.349 e. The van der Waals surface area contributed by atoms with Crippen LogP contribution in [-0.4, -0.2) is 16.9 Å². The molecule has 1 amide bonds. The van der Waals surface area contributed by atoms with Crippen LogP contribution in [0.15, 0.2) is 18.3 Å². The van der Waals surface area contributed by atoms with Crippen molar-refractivity contribution in [3.05, 3.63) is 29.8 Å². The van der Waals surface area contributed by atoms with Crippen LogP contribution in [0.2, 0.25) is 0 Å². The molecule has 2 atom stereocenters. The van der Waals surface area contributed by atoms with E-state index in [2.05, 4.69) is 17.2 Å². The molecule has 1 aliphatic carbocycles. The molecule has 0 radical (unpaired) electrons. The number of nitrogens with zero attached hydrogens (tertiary/aromatic N) is 1. The monoisotopic (exact) mass is 236 g/mol. The molecule has 0 aliphatic heterocycles. The molecule has 1 fully saturated rings. The number of amides is 1. The van der Waals surface area contributed by atoms with Crippen molar-refractivity contribution < 1.29 is 9.18 Å². The lowest BCUT2D eigenvalue weighted by Gasteiger charge is -2.29. The predicted octanol–water partition coefficient (Wildman–Crippen LogP) is 2.53. The Morgan fingerprint density at radius 2 is 2.24 bits per heavy atom. The second kappa shape index (κ2) is 5.25. The molecule has 1 saturated carbocycles. The molecular formula is C13H17FN2O. The van der Waals surface area contributed by atoms with Gasteiger partial charge in [0, 0.05) is 23.9 Å². The molecule has 1 heterocycles. The summed E-state index contributed by atoms with van der Waals surface area (Å²) in [6.07, 6.45) is 5.86. The van der Waals surface area contributed by atoms with Crippen molar-refractivity contribution in [2.75, 3.05) is 0 Å². The maximum Gasteiger partial charge on any atom is 0.251 e. The number of rotatable bonds is 2. The molecular weight excluding hydrogens is 219 g/mol. The lowest BCUT2D eigenvalue weighted by Crippen LogP contribution is -2.41. The summed E-state index contributed by atoms with van der Waals surface area (Å²) in [5, 5.41) is 2.98. The van der Waals surface area contributed by atoms with E-state index in [1.807, 2.05) is 0 Å². The quantitative estimate of drug-likeness (QED) is 0.802. The van der Waals surface area contributed by atoms with Crippen LogP contribution in [0.25, 0.3) is 0 Å². The van der Waals surface area contributed by atoms with Gasteiger partial charge in [-0.2, -0.15) is 4.39 Å². The zero-order chi connectivity index (χ0) is 12.3. The third kappa shape index (κ3) is 3.02. The Balaban J connectivity index is 2.01. The van der Waals surface area contributed by atoms with Crippen LogP contribution in [0.1, 0.15) is 43.0 Å². The van der Waals surface area contributed by atoms with Gasteiger partial charge in [-0.15, -0.1) is 0 Å². The Morgan fingerprint density at radius 3 is 2.94 bits per heavy atom. The van der Waals surface area contributed by atoms with E-state index >= 15 is 0 Å². The lowest BCUT2D eigenvalue weighted by molar-refractivity contribution is 0.0909. The lowest BCUT2D eigenvalue weighted by atomic mass is 9.86. The third-order valence-electron chi connectivity index (χ3n) is 3.42. The van der Waals surface area contributed by atoms with E-state index in [-0.39, 0.29) is 11.9 Å². The Kier molecular flexibility index (Phi) is 3.71. The standard InChI is InChI=1S/C13H17FN2O/c1-9-4-2-3-5-11(9)16-13(17)10-6-7-15-12(14)8-10/h6-9,11H,2-5H2,1H3,(H,16,17)/t9-,11?/m1/s1. The maximum absolute atomic E-state index is 12.9. The fraction of sp³-hybridized carbons (Fsp3) is 0.538. The zero-order valence-corrected chi connectivity index (χ0v) is 9.95. The summed E-state index contributed by atoms with van der Waals surface area (Å²) in [6.45, 7) is 2.15. The van der Waals surface area contributed by atoms with Crippen LogP contribution >= 0.6 is 0 Å². The highest BCUT2D eigenvalue weighted by Crippen LogP contribution is 2.23. The van der Waals surface area contributed by atoms with Gasteiger partial charge in [-0.05, 0) is 24.8 Å². The number of aromatic nitrogens is 1. The second-order valence-corrected chi connectivity index (χ2v) is 4.71. The van der Waals surface area contributed by atoms with Crippen LogP contribution in [-0.2, 0) is 0 Å². The minimum atomic E-state index is -0.616. The van der Waals surface area contributed by atoms with Gasteiger partial charge in [0.25, 0.3) is 5.91 Å². The summed E-state index contributed by atoms with van der Waals surface area (Å²) in [4.78, 5) is 15.3. The summed E-state index contributed by atoms with van der Waals surface area (Å²) in [6, 6.07) is 2.92. The van der Waals surface area contributed by atoms with Crippen molar-refractivity contribution in [2.24, 2.45) is 5.92 Å². The number of nitrogens with one attached hydrogen (secondary N) is 1. The summed E-state index contributed by atoms with van der Waals surface area (Å²) < 4.78 is 12.9. The van der Waals surface area contributed by atoms with Crippen molar-refractivity contribution in [2.45, 2.75) is 38.6 Å². The Labute approximate surface area is 100 Å². The topological polar surface area (TPSA) is 42.0 Å². The molecule has 4 heteroatoms. The van der Waals surface area contributed by atoms with E-state index in [4.69, 9.17) is 0 Å². The smallest absolute Gasteiger partial charge is 0.251 e. The predicted molar refractivity (Wildman–Crippen MR) is 63.1 cm³/mol. The third-order valence-corrected chi connectivity index (χ3v) is 3.42. The second-order valence-electron chi connectivity index (χ2n) is 4.71. The highest BCUT2D eigenvalue weighted by molar-refractivity contribution is 5.94. The summed E-state index contributed by atoms with van der Waals surface area (Å²) in [5.74, 6) is -0.321. The van der Waals surface area contributed by atoms with Crippen LogP contribution < -0.4 is 5.32 Å². The van der Waals surface area contributed by atoms with E-state index in [1.54, 1.807) is 0 Å². The molecule has 3 nitrogen and oxygen atoms in total. The number of halogens is 1. The normalized spacial score (nSPS) is 24.4. The van der Waals surface area contributed by atoms with E-state index in [1.165, 1.54) is 24.8 Å². The molecule has 1 N–H and O–H groups in total. The van der Waals surface area contributed by atoms with E-state index < -0.39 is 5.95 Å². The van der Waals surface area contributed by atoms with Crippen molar-refractivity contribution in [1.82, 2.24) is 10.3 Å². The van der Waals surface area contributed by atoms with Crippen LogP contribution in [0.3, 0.4) is 0 Å². The number of carbonyl (C=O) groups excluding carboxylic acids is 1. The Morgan fingerprint density at radius 1 is 1.47 bits per heavy atom.